The van der Waals surface area contributed by atoms with Crippen molar-refractivity contribution in [3.8, 4) is 0 Å². The van der Waals surface area contributed by atoms with Crippen LogP contribution in [0.5, 0.6) is 0 Å². The number of carbonyl (C=O) groups is 1. The predicted octanol–water partition coefficient (Wildman–Crippen LogP) is 0.881. The normalized spacial score (nSPS) is 10.4. The van der Waals surface area contributed by atoms with Crippen LogP contribution >= 0.6 is 0 Å². The van der Waals surface area contributed by atoms with Crippen LogP contribution in [0.4, 0.5) is 11.4 Å². The lowest BCUT2D eigenvalue weighted by molar-refractivity contribution is -0.384. The maximum absolute atomic E-state index is 11.4. The fraction of sp³-hybridized carbons (Fsp3) is 0.250. The summed E-state index contributed by atoms with van der Waals surface area (Å²) in [5, 5.41) is 16.3. The molecule has 0 aliphatic carbocycles. The molecule has 1 aromatic rings. The molecule has 4 N–H and O–H groups in total. The van der Waals surface area contributed by atoms with Crippen molar-refractivity contribution in [1.82, 2.24) is 5.32 Å². The number of hydrogen-bond donors (Lipinski definition) is 3. The molecule has 19 heavy (non-hydrogen) atoms. The SMILES string of the molecule is CNC(=O)c1ccc(NC/C=C/CN)c([N+](=O)[O-])c1. The zero-order chi connectivity index (χ0) is 14.3. The van der Waals surface area contributed by atoms with Crippen LogP contribution in [-0.2, 0) is 0 Å². The summed E-state index contributed by atoms with van der Waals surface area (Å²) < 4.78 is 0. The van der Waals surface area contributed by atoms with E-state index in [2.05, 4.69) is 10.6 Å². The smallest absolute Gasteiger partial charge is 0.293 e. The van der Waals surface area contributed by atoms with Gasteiger partial charge in [0.05, 0.1) is 4.92 Å². The molecule has 0 aliphatic heterocycles. The molecule has 7 heteroatoms. The van der Waals surface area contributed by atoms with Gasteiger partial charge in [-0.1, -0.05) is 12.2 Å². The highest BCUT2D eigenvalue weighted by Crippen LogP contribution is 2.25. The van der Waals surface area contributed by atoms with Crippen molar-refractivity contribution in [3.63, 3.8) is 0 Å². The van der Waals surface area contributed by atoms with Crippen molar-refractivity contribution in [2.45, 2.75) is 0 Å². The number of hydrogen-bond acceptors (Lipinski definition) is 5. The van der Waals surface area contributed by atoms with Gasteiger partial charge in [-0.3, -0.25) is 14.9 Å². The largest absolute Gasteiger partial charge is 0.376 e. The third-order valence-corrected chi connectivity index (χ3v) is 2.40. The minimum absolute atomic E-state index is 0.137. The molecule has 7 nitrogen and oxygen atoms in total. The molecule has 1 rings (SSSR count). The maximum atomic E-state index is 11.4. The Balaban J connectivity index is 2.95. The molecule has 0 radical (unpaired) electrons. The molecule has 0 spiro atoms. The minimum Gasteiger partial charge on any atom is -0.376 e. The summed E-state index contributed by atoms with van der Waals surface area (Å²) in [5.41, 5.74) is 5.76. The summed E-state index contributed by atoms with van der Waals surface area (Å²) in [5.74, 6) is -0.363. The van der Waals surface area contributed by atoms with Crippen molar-refractivity contribution in [2.75, 3.05) is 25.5 Å². The number of amides is 1. The number of rotatable bonds is 6. The van der Waals surface area contributed by atoms with Crippen LogP contribution in [0.15, 0.2) is 30.4 Å². The predicted molar refractivity (Wildman–Crippen MR) is 73.2 cm³/mol. The average Bonchev–Trinajstić information content (AvgIpc) is 2.42. The molecule has 0 fully saturated rings. The van der Waals surface area contributed by atoms with Crippen molar-refractivity contribution in [1.29, 1.82) is 0 Å². The van der Waals surface area contributed by atoms with Gasteiger partial charge in [-0.15, -0.1) is 0 Å². The lowest BCUT2D eigenvalue weighted by Crippen LogP contribution is -2.18. The van der Waals surface area contributed by atoms with Gasteiger partial charge in [-0.2, -0.15) is 0 Å². The summed E-state index contributed by atoms with van der Waals surface area (Å²) in [4.78, 5) is 21.9. The maximum Gasteiger partial charge on any atom is 0.293 e. The van der Waals surface area contributed by atoms with Gasteiger partial charge in [0.2, 0.25) is 0 Å². The van der Waals surface area contributed by atoms with E-state index in [1.54, 1.807) is 12.2 Å². The van der Waals surface area contributed by atoms with Crippen LogP contribution in [0.2, 0.25) is 0 Å². The Bertz CT molecular complexity index is 500. The zero-order valence-corrected chi connectivity index (χ0v) is 10.6. The van der Waals surface area contributed by atoms with Gasteiger partial charge in [-0.05, 0) is 12.1 Å². The summed E-state index contributed by atoms with van der Waals surface area (Å²) in [6.07, 6.45) is 3.52. The van der Waals surface area contributed by atoms with E-state index < -0.39 is 4.92 Å². The molecule has 0 heterocycles. The van der Waals surface area contributed by atoms with Gasteiger partial charge in [-0.25, -0.2) is 0 Å². The minimum atomic E-state index is -0.526. The van der Waals surface area contributed by atoms with Crippen molar-refractivity contribution < 1.29 is 9.72 Å². The van der Waals surface area contributed by atoms with Crippen molar-refractivity contribution in [3.05, 3.63) is 46.0 Å². The fourth-order valence-electron chi connectivity index (χ4n) is 1.47. The van der Waals surface area contributed by atoms with E-state index in [0.29, 0.717) is 18.8 Å². The average molecular weight is 264 g/mol. The monoisotopic (exact) mass is 264 g/mol. The summed E-state index contributed by atoms with van der Waals surface area (Å²) in [7, 11) is 1.47. The van der Waals surface area contributed by atoms with Gasteiger partial charge in [0.1, 0.15) is 5.69 Å². The second kappa shape index (κ2) is 7.12. The quantitative estimate of drug-likeness (QED) is 0.401. The molecule has 1 aromatic carbocycles. The first-order valence-electron chi connectivity index (χ1n) is 5.69. The van der Waals surface area contributed by atoms with E-state index in [1.165, 1.54) is 25.2 Å². The molecule has 0 saturated heterocycles. The molecule has 0 aromatic heterocycles. The summed E-state index contributed by atoms with van der Waals surface area (Å²) >= 11 is 0. The Morgan fingerprint density at radius 1 is 1.47 bits per heavy atom. The Morgan fingerprint density at radius 3 is 2.79 bits per heavy atom. The molecule has 0 atom stereocenters. The highest BCUT2D eigenvalue weighted by atomic mass is 16.6. The van der Waals surface area contributed by atoms with Crippen LogP contribution < -0.4 is 16.4 Å². The number of anilines is 1. The lowest BCUT2D eigenvalue weighted by atomic mass is 10.1. The molecule has 0 bridgehead atoms. The van der Waals surface area contributed by atoms with E-state index in [9.17, 15) is 14.9 Å². The van der Waals surface area contributed by atoms with Crippen molar-refractivity contribution in [2.24, 2.45) is 5.73 Å². The molecule has 0 saturated carbocycles. The van der Waals surface area contributed by atoms with Gasteiger partial charge < -0.3 is 16.4 Å². The third kappa shape index (κ3) is 4.07. The van der Waals surface area contributed by atoms with Gasteiger partial charge >= 0.3 is 0 Å². The van der Waals surface area contributed by atoms with Crippen LogP contribution in [0.25, 0.3) is 0 Å². The lowest BCUT2D eigenvalue weighted by Gasteiger charge is -2.06. The number of nitrogens with two attached hydrogens (primary N) is 1. The highest BCUT2D eigenvalue weighted by molar-refractivity contribution is 5.95. The Labute approximate surface area is 110 Å². The number of carbonyl (C=O) groups excluding carboxylic acids is 1. The van der Waals surface area contributed by atoms with E-state index >= 15 is 0 Å². The molecular weight excluding hydrogens is 248 g/mol. The van der Waals surface area contributed by atoms with E-state index in [1.807, 2.05) is 0 Å². The van der Waals surface area contributed by atoms with Crippen LogP contribution in [0.1, 0.15) is 10.4 Å². The first kappa shape index (κ1) is 14.7. The zero-order valence-electron chi connectivity index (χ0n) is 10.6. The first-order valence-corrected chi connectivity index (χ1v) is 5.69. The van der Waals surface area contributed by atoms with Crippen LogP contribution in [0.3, 0.4) is 0 Å². The first-order chi connectivity index (χ1) is 9.10. The van der Waals surface area contributed by atoms with Crippen LogP contribution in [-0.4, -0.2) is 31.0 Å². The number of benzene rings is 1. The van der Waals surface area contributed by atoms with E-state index in [-0.39, 0.29) is 17.2 Å². The Morgan fingerprint density at radius 2 is 2.21 bits per heavy atom. The number of nitrogens with one attached hydrogen (secondary N) is 2. The Kier molecular flexibility index (Phi) is 5.49. The fourth-order valence-corrected chi connectivity index (χ4v) is 1.47. The van der Waals surface area contributed by atoms with Crippen molar-refractivity contribution >= 4 is 17.3 Å². The van der Waals surface area contributed by atoms with Gasteiger partial charge in [0.25, 0.3) is 11.6 Å². The summed E-state index contributed by atoms with van der Waals surface area (Å²) in [6, 6.07) is 4.29. The Hall–Kier alpha value is -2.41. The van der Waals surface area contributed by atoms with E-state index in [4.69, 9.17) is 5.73 Å². The number of nitro groups is 1. The van der Waals surface area contributed by atoms with E-state index in [0.717, 1.165) is 0 Å². The number of nitro benzene ring substituents is 1. The second-order valence-electron chi connectivity index (χ2n) is 3.66. The molecule has 0 aliphatic rings. The molecular formula is C12H16N4O3. The van der Waals surface area contributed by atoms with Gasteiger partial charge in [0, 0.05) is 31.8 Å². The summed E-state index contributed by atoms with van der Waals surface area (Å²) in [6.45, 7) is 0.844. The van der Waals surface area contributed by atoms with Crippen LogP contribution in [0, 0.1) is 10.1 Å². The second-order valence-corrected chi connectivity index (χ2v) is 3.66. The third-order valence-electron chi connectivity index (χ3n) is 2.40. The standard InChI is InChI=1S/C12H16N4O3/c1-14-12(17)9-4-5-10(11(8-9)16(18)19)15-7-3-2-6-13/h2-5,8,15H,6-7,13H2,1H3,(H,14,17)/b3-2+. The molecule has 1 amide bonds. The highest BCUT2D eigenvalue weighted by Gasteiger charge is 2.16. The van der Waals surface area contributed by atoms with Gasteiger partial charge in [0.15, 0.2) is 0 Å². The topological polar surface area (TPSA) is 110 Å². The number of nitrogens with zero attached hydrogens (tertiary/aromatic N) is 1. The molecule has 0 unspecified atom stereocenters. The molecule has 102 valence electrons.